The second kappa shape index (κ2) is 8.95. The van der Waals surface area contributed by atoms with Crippen LogP contribution in [-0.4, -0.2) is 53.6 Å². The zero-order valence-electron chi connectivity index (χ0n) is 14.0. The maximum atomic E-state index is 10.6. The van der Waals surface area contributed by atoms with Crippen molar-refractivity contribution in [3.05, 3.63) is 17.7 Å². The summed E-state index contributed by atoms with van der Waals surface area (Å²) in [5.74, 6) is 1.48. The lowest BCUT2D eigenvalue weighted by molar-refractivity contribution is -0.894. The molecule has 1 aromatic carbocycles. The van der Waals surface area contributed by atoms with Gasteiger partial charge in [-0.15, -0.1) is 0 Å². The number of hydrogen-bond acceptors (Lipinski definition) is 6. The normalized spacial score (nSPS) is 12.7. The van der Waals surface area contributed by atoms with E-state index in [-0.39, 0.29) is 5.75 Å². The van der Waals surface area contributed by atoms with Gasteiger partial charge in [-0.3, -0.25) is 0 Å². The van der Waals surface area contributed by atoms with Crippen LogP contribution < -0.4 is 19.1 Å². The largest absolute Gasteiger partial charge is 0.748 e. The van der Waals surface area contributed by atoms with Crippen molar-refractivity contribution in [2.75, 3.05) is 40.7 Å². The Morgan fingerprint density at radius 2 is 1.70 bits per heavy atom. The van der Waals surface area contributed by atoms with Gasteiger partial charge in [0, 0.05) is 5.75 Å². The van der Waals surface area contributed by atoms with Gasteiger partial charge >= 0.3 is 0 Å². The standard InChI is InChI=1S/C15H25NO6S/c1-16(9-5-6-10-23(17,18)19)11-12-7-8-13(20-2)15(22-4)14(12)21-3/h7-8H,5-6,9-11H2,1-4H3,(H,17,18,19). The third-order valence-corrected chi connectivity index (χ3v) is 4.31. The van der Waals surface area contributed by atoms with Crippen molar-refractivity contribution in [1.29, 1.82) is 0 Å². The number of rotatable bonds is 10. The average molecular weight is 347 g/mol. The Balaban J connectivity index is 2.69. The highest BCUT2D eigenvalue weighted by Crippen LogP contribution is 2.39. The Morgan fingerprint density at radius 1 is 1.04 bits per heavy atom. The average Bonchev–Trinajstić information content (AvgIpc) is 2.50. The van der Waals surface area contributed by atoms with Crippen molar-refractivity contribution >= 4 is 10.1 Å². The minimum Gasteiger partial charge on any atom is -0.748 e. The number of unbranched alkanes of at least 4 members (excludes halogenated alkanes) is 1. The summed E-state index contributed by atoms with van der Waals surface area (Å²) < 4.78 is 47.8. The van der Waals surface area contributed by atoms with Gasteiger partial charge in [0.05, 0.1) is 50.6 Å². The van der Waals surface area contributed by atoms with Crippen LogP contribution in [0.1, 0.15) is 18.4 Å². The third-order valence-electron chi connectivity index (χ3n) is 3.53. The molecular weight excluding hydrogens is 322 g/mol. The summed E-state index contributed by atoms with van der Waals surface area (Å²) in [6.45, 7) is 1.45. The molecule has 0 radical (unpaired) electrons. The Morgan fingerprint density at radius 3 is 2.22 bits per heavy atom. The van der Waals surface area contributed by atoms with Crippen molar-refractivity contribution in [2.24, 2.45) is 0 Å². The summed E-state index contributed by atoms with van der Waals surface area (Å²) in [6.07, 6.45) is 1.05. The van der Waals surface area contributed by atoms with Crippen LogP contribution >= 0.6 is 0 Å². The Kier molecular flexibility index (Phi) is 7.60. The molecule has 1 rings (SSSR count). The third kappa shape index (κ3) is 6.25. The highest BCUT2D eigenvalue weighted by Gasteiger charge is 2.18. The lowest BCUT2D eigenvalue weighted by Gasteiger charge is -2.19. The molecule has 8 heteroatoms. The lowest BCUT2D eigenvalue weighted by atomic mass is 10.1. The molecule has 0 spiro atoms. The molecule has 0 fully saturated rings. The quantitative estimate of drug-likeness (QED) is 0.475. The number of ether oxygens (including phenoxy) is 3. The van der Waals surface area contributed by atoms with Crippen LogP contribution in [0, 0.1) is 0 Å². The van der Waals surface area contributed by atoms with Gasteiger partial charge in [0.15, 0.2) is 11.5 Å². The van der Waals surface area contributed by atoms with Crippen molar-refractivity contribution in [3.8, 4) is 17.2 Å². The molecule has 0 saturated heterocycles. The van der Waals surface area contributed by atoms with Gasteiger partial charge in [-0.1, -0.05) is 0 Å². The summed E-state index contributed by atoms with van der Waals surface area (Å²) in [5.41, 5.74) is 0.971. The smallest absolute Gasteiger partial charge is 0.203 e. The fraction of sp³-hybridized carbons (Fsp3) is 0.600. The molecule has 0 amide bonds. The summed E-state index contributed by atoms with van der Waals surface area (Å²) in [4.78, 5) is 1.18. The van der Waals surface area contributed by atoms with E-state index in [0.29, 0.717) is 36.6 Å². The molecule has 1 aromatic rings. The summed E-state index contributed by atoms with van der Waals surface area (Å²) >= 11 is 0. The first-order chi connectivity index (χ1) is 10.8. The second-order valence-corrected chi connectivity index (χ2v) is 6.87. The molecule has 0 aromatic heterocycles. The minimum absolute atomic E-state index is 0.306. The van der Waals surface area contributed by atoms with Crippen LogP contribution in [0.2, 0.25) is 0 Å². The highest BCUT2D eigenvalue weighted by molar-refractivity contribution is 7.85. The molecule has 132 valence electrons. The van der Waals surface area contributed by atoms with E-state index in [2.05, 4.69) is 0 Å². The topological polar surface area (TPSA) is 89.3 Å². The molecule has 1 unspecified atom stereocenters. The summed E-state index contributed by atoms with van der Waals surface area (Å²) in [5, 5.41) is 0. The second-order valence-electron chi connectivity index (χ2n) is 5.35. The molecular formula is C15H25NO6S. The Hall–Kier alpha value is -1.51. The monoisotopic (exact) mass is 347 g/mol. The number of quaternary nitrogens is 1. The molecule has 0 aliphatic heterocycles. The van der Waals surface area contributed by atoms with Gasteiger partial charge in [0.2, 0.25) is 5.75 Å². The number of nitrogens with one attached hydrogen (secondary N) is 1. The van der Waals surface area contributed by atoms with Crippen LogP contribution in [0.4, 0.5) is 0 Å². The van der Waals surface area contributed by atoms with E-state index < -0.39 is 10.1 Å². The van der Waals surface area contributed by atoms with E-state index in [0.717, 1.165) is 12.1 Å². The van der Waals surface area contributed by atoms with Crippen LogP contribution in [-0.2, 0) is 16.7 Å². The van der Waals surface area contributed by atoms with E-state index in [1.807, 2.05) is 19.2 Å². The predicted molar refractivity (Wildman–Crippen MR) is 85.4 cm³/mol. The number of hydrogen-bond donors (Lipinski definition) is 1. The zero-order chi connectivity index (χ0) is 17.5. The predicted octanol–water partition coefficient (Wildman–Crippen LogP) is 0.0525. The molecule has 0 saturated carbocycles. The first kappa shape index (κ1) is 19.5. The van der Waals surface area contributed by atoms with Crippen LogP contribution in [0.3, 0.4) is 0 Å². The van der Waals surface area contributed by atoms with E-state index in [9.17, 15) is 13.0 Å². The lowest BCUT2D eigenvalue weighted by Crippen LogP contribution is -3.07. The van der Waals surface area contributed by atoms with E-state index >= 15 is 0 Å². The maximum absolute atomic E-state index is 10.6. The van der Waals surface area contributed by atoms with E-state index in [1.54, 1.807) is 21.3 Å². The van der Waals surface area contributed by atoms with Gasteiger partial charge in [-0.05, 0) is 25.0 Å². The van der Waals surface area contributed by atoms with Crippen molar-refractivity contribution in [3.63, 3.8) is 0 Å². The maximum Gasteiger partial charge on any atom is 0.203 e. The molecule has 0 bridgehead atoms. The molecule has 1 atom stereocenters. The number of benzene rings is 1. The highest BCUT2D eigenvalue weighted by atomic mass is 32.2. The van der Waals surface area contributed by atoms with Gasteiger partial charge in [-0.2, -0.15) is 0 Å². The van der Waals surface area contributed by atoms with Crippen LogP contribution in [0.5, 0.6) is 17.2 Å². The van der Waals surface area contributed by atoms with Gasteiger partial charge in [-0.25, -0.2) is 8.42 Å². The Labute approximate surface area is 137 Å². The van der Waals surface area contributed by atoms with Gasteiger partial charge in [0.1, 0.15) is 6.54 Å². The van der Waals surface area contributed by atoms with Crippen molar-refractivity contribution in [2.45, 2.75) is 19.4 Å². The SMILES string of the molecule is COc1ccc(C[NH+](C)CCCCS(=O)(=O)[O-])c(OC)c1OC. The van der Waals surface area contributed by atoms with Crippen LogP contribution in [0.15, 0.2) is 12.1 Å². The van der Waals surface area contributed by atoms with Gasteiger partial charge in [0.25, 0.3) is 0 Å². The van der Waals surface area contributed by atoms with E-state index in [1.165, 1.54) is 4.90 Å². The first-order valence-corrected chi connectivity index (χ1v) is 8.92. The zero-order valence-corrected chi connectivity index (χ0v) is 14.9. The minimum atomic E-state index is -4.12. The van der Waals surface area contributed by atoms with Crippen molar-refractivity contribution in [1.82, 2.24) is 0 Å². The van der Waals surface area contributed by atoms with Crippen molar-refractivity contribution < 1.29 is 32.1 Å². The summed E-state index contributed by atoms with van der Waals surface area (Å²) in [7, 11) is 2.59. The molecule has 0 aliphatic carbocycles. The molecule has 23 heavy (non-hydrogen) atoms. The molecule has 7 nitrogen and oxygen atoms in total. The van der Waals surface area contributed by atoms with Crippen LogP contribution in [0.25, 0.3) is 0 Å². The fourth-order valence-corrected chi connectivity index (χ4v) is 2.98. The molecule has 1 N–H and O–H groups in total. The van der Waals surface area contributed by atoms with E-state index in [4.69, 9.17) is 14.2 Å². The summed E-state index contributed by atoms with van der Waals surface area (Å²) in [6, 6.07) is 3.75. The van der Waals surface area contributed by atoms with Gasteiger partial charge < -0.3 is 23.7 Å². The first-order valence-electron chi connectivity index (χ1n) is 7.35. The fourth-order valence-electron chi connectivity index (χ4n) is 2.42. The number of methoxy groups -OCH3 is 3. The molecule has 0 aliphatic rings. The Bertz CT molecular complexity index is 602. The molecule has 0 heterocycles.